The fourth-order valence-corrected chi connectivity index (χ4v) is 2.79. The van der Waals surface area contributed by atoms with Gasteiger partial charge in [0.25, 0.3) is 0 Å². The molecule has 0 aliphatic heterocycles. The number of hydrogen-bond acceptors (Lipinski definition) is 2. The number of ketones is 1. The van der Waals surface area contributed by atoms with Crippen LogP contribution in [-0.2, 0) is 0 Å². The van der Waals surface area contributed by atoms with Crippen LogP contribution in [0.15, 0.2) is 91.1 Å². The van der Waals surface area contributed by atoms with Crippen LogP contribution < -0.4 is 0 Å². The molecule has 0 bridgehead atoms. The van der Waals surface area contributed by atoms with Gasteiger partial charge in [-0.3, -0.25) is 4.79 Å². The van der Waals surface area contributed by atoms with Gasteiger partial charge in [-0.15, -0.1) is 0 Å². The van der Waals surface area contributed by atoms with Gasteiger partial charge in [-0.1, -0.05) is 48.5 Å². The summed E-state index contributed by atoms with van der Waals surface area (Å²) in [7, 11) is 0. The van der Waals surface area contributed by atoms with Gasteiger partial charge in [0.2, 0.25) is 0 Å². The van der Waals surface area contributed by atoms with Gasteiger partial charge >= 0.3 is 0 Å². The molecule has 0 saturated heterocycles. The number of rotatable bonds is 4. The van der Waals surface area contributed by atoms with Crippen molar-refractivity contribution in [2.75, 3.05) is 0 Å². The van der Waals surface area contributed by atoms with Gasteiger partial charge in [0.05, 0.1) is 5.52 Å². The molecule has 0 saturated carbocycles. The van der Waals surface area contributed by atoms with Gasteiger partial charge in [-0.2, -0.15) is 0 Å². The molecular formula is C22H16N2O. The lowest BCUT2D eigenvalue weighted by Gasteiger charge is -2.07. The van der Waals surface area contributed by atoms with Crippen molar-refractivity contribution in [2.45, 2.75) is 0 Å². The summed E-state index contributed by atoms with van der Waals surface area (Å²) in [5, 5.41) is 1.11. The van der Waals surface area contributed by atoms with Crippen LogP contribution in [0, 0.1) is 0 Å². The third-order valence-corrected chi connectivity index (χ3v) is 4.07. The van der Waals surface area contributed by atoms with E-state index < -0.39 is 0 Å². The minimum absolute atomic E-state index is 0.0141. The molecule has 0 spiro atoms. The van der Waals surface area contributed by atoms with E-state index in [9.17, 15) is 4.79 Å². The summed E-state index contributed by atoms with van der Waals surface area (Å²) in [5.74, 6) is 0.815. The average molecular weight is 324 g/mol. The molecule has 0 aliphatic rings. The Kier molecular flexibility index (Phi) is 3.97. The molecule has 0 unspecified atom stereocenters. The van der Waals surface area contributed by atoms with Crippen LogP contribution >= 0.6 is 0 Å². The van der Waals surface area contributed by atoms with Crippen LogP contribution in [0.25, 0.3) is 22.8 Å². The minimum Gasteiger partial charge on any atom is -0.302 e. The lowest BCUT2D eigenvalue weighted by atomic mass is 10.1. The molecular weight excluding hydrogens is 308 g/mol. The van der Waals surface area contributed by atoms with E-state index in [1.165, 1.54) is 0 Å². The van der Waals surface area contributed by atoms with Crippen LogP contribution in [0.1, 0.15) is 16.1 Å². The van der Waals surface area contributed by atoms with Crippen molar-refractivity contribution >= 4 is 22.8 Å². The maximum atomic E-state index is 12.3. The Morgan fingerprint density at radius 2 is 1.64 bits per heavy atom. The average Bonchev–Trinajstić information content (AvgIpc) is 3.15. The van der Waals surface area contributed by atoms with Gasteiger partial charge in [-0.05, 0) is 42.5 Å². The molecule has 25 heavy (non-hydrogen) atoms. The number of carbonyl (C=O) groups excluding carboxylic acids is 1. The van der Waals surface area contributed by atoms with E-state index in [2.05, 4.69) is 6.07 Å². The number of allylic oxidation sites excluding steroid dienone is 1. The molecule has 0 radical (unpaired) electrons. The SMILES string of the molecule is O=C(/C=C/c1cccn1-c1ccc2ccccc2n1)c1ccccc1. The van der Waals surface area contributed by atoms with Gasteiger partial charge in [0, 0.05) is 22.8 Å². The molecule has 0 amide bonds. The number of para-hydroxylation sites is 1. The zero-order valence-electron chi connectivity index (χ0n) is 13.5. The summed E-state index contributed by atoms with van der Waals surface area (Å²) >= 11 is 0. The molecule has 0 atom stereocenters. The maximum absolute atomic E-state index is 12.3. The van der Waals surface area contributed by atoms with Crippen LogP contribution in [0.3, 0.4) is 0 Å². The standard InChI is InChI=1S/C22H16N2O/c25-21(18-8-2-1-3-9-18)14-13-19-10-6-16-24(19)22-15-12-17-7-4-5-11-20(17)23-22/h1-16H/b14-13+. The lowest BCUT2D eigenvalue weighted by Crippen LogP contribution is -1.99. The molecule has 2 aromatic carbocycles. The second-order valence-corrected chi connectivity index (χ2v) is 5.73. The summed E-state index contributed by atoms with van der Waals surface area (Å²) in [6.07, 6.45) is 5.37. The fourth-order valence-electron chi connectivity index (χ4n) is 2.79. The van der Waals surface area contributed by atoms with E-state index in [4.69, 9.17) is 4.98 Å². The highest BCUT2D eigenvalue weighted by molar-refractivity contribution is 6.06. The molecule has 0 N–H and O–H groups in total. The fraction of sp³-hybridized carbons (Fsp3) is 0. The Labute approximate surface area is 145 Å². The van der Waals surface area contributed by atoms with Crippen molar-refractivity contribution in [3.05, 3.63) is 102 Å². The van der Waals surface area contributed by atoms with Gasteiger partial charge in [-0.25, -0.2) is 4.98 Å². The largest absolute Gasteiger partial charge is 0.302 e. The summed E-state index contributed by atoms with van der Waals surface area (Å²) in [4.78, 5) is 17.0. The molecule has 4 rings (SSSR count). The third-order valence-electron chi connectivity index (χ3n) is 4.07. The smallest absolute Gasteiger partial charge is 0.185 e. The Hall–Kier alpha value is -3.46. The second kappa shape index (κ2) is 6.57. The van der Waals surface area contributed by atoms with E-state index >= 15 is 0 Å². The van der Waals surface area contributed by atoms with Crippen LogP contribution in [-0.4, -0.2) is 15.3 Å². The maximum Gasteiger partial charge on any atom is 0.185 e. The number of nitrogens with zero attached hydrogens (tertiary/aromatic N) is 2. The van der Waals surface area contributed by atoms with Crippen molar-refractivity contribution < 1.29 is 4.79 Å². The third kappa shape index (κ3) is 3.12. The molecule has 3 nitrogen and oxygen atoms in total. The molecule has 3 heteroatoms. The van der Waals surface area contributed by atoms with Crippen molar-refractivity contribution in [1.82, 2.24) is 9.55 Å². The number of fused-ring (bicyclic) bond motifs is 1. The number of hydrogen-bond donors (Lipinski definition) is 0. The Balaban J connectivity index is 1.66. The Morgan fingerprint density at radius 1 is 0.840 bits per heavy atom. The van der Waals surface area contributed by atoms with E-state index in [0.717, 1.165) is 22.4 Å². The first-order valence-electron chi connectivity index (χ1n) is 8.12. The van der Waals surface area contributed by atoms with Crippen molar-refractivity contribution in [3.8, 4) is 5.82 Å². The summed E-state index contributed by atoms with van der Waals surface area (Å²) in [6.45, 7) is 0. The zero-order chi connectivity index (χ0) is 17.1. The van der Waals surface area contributed by atoms with E-state index in [1.807, 2.05) is 89.6 Å². The summed E-state index contributed by atoms with van der Waals surface area (Å²) in [5.41, 5.74) is 2.54. The number of carbonyl (C=O) groups is 1. The highest BCUT2D eigenvalue weighted by atomic mass is 16.1. The second-order valence-electron chi connectivity index (χ2n) is 5.73. The summed E-state index contributed by atoms with van der Waals surface area (Å²) < 4.78 is 1.97. The molecule has 4 aromatic rings. The minimum atomic E-state index is -0.0141. The zero-order valence-corrected chi connectivity index (χ0v) is 13.5. The van der Waals surface area contributed by atoms with Crippen molar-refractivity contribution in [3.63, 3.8) is 0 Å². The molecule has 2 heterocycles. The predicted molar refractivity (Wildman–Crippen MR) is 101 cm³/mol. The molecule has 120 valence electrons. The van der Waals surface area contributed by atoms with Crippen LogP contribution in [0.4, 0.5) is 0 Å². The number of aromatic nitrogens is 2. The normalized spacial score (nSPS) is 11.2. The van der Waals surface area contributed by atoms with Gasteiger partial charge in [0.1, 0.15) is 5.82 Å². The molecule has 2 aromatic heterocycles. The predicted octanol–water partition coefficient (Wildman–Crippen LogP) is 4.92. The first-order valence-corrected chi connectivity index (χ1v) is 8.12. The van der Waals surface area contributed by atoms with E-state index in [1.54, 1.807) is 6.08 Å². The number of pyridine rings is 1. The molecule has 0 fully saturated rings. The van der Waals surface area contributed by atoms with Crippen LogP contribution in [0.2, 0.25) is 0 Å². The topological polar surface area (TPSA) is 34.9 Å². The molecule has 0 aliphatic carbocycles. The highest BCUT2D eigenvalue weighted by Gasteiger charge is 2.05. The van der Waals surface area contributed by atoms with Crippen LogP contribution in [0.5, 0.6) is 0 Å². The van der Waals surface area contributed by atoms with E-state index in [0.29, 0.717) is 5.56 Å². The van der Waals surface area contributed by atoms with E-state index in [-0.39, 0.29) is 5.78 Å². The Bertz CT molecular complexity index is 1060. The number of benzene rings is 2. The Morgan fingerprint density at radius 3 is 2.52 bits per heavy atom. The first kappa shape index (κ1) is 15.1. The quantitative estimate of drug-likeness (QED) is 0.394. The van der Waals surface area contributed by atoms with Crippen molar-refractivity contribution in [1.29, 1.82) is 0 Å². The van der Waals surface area contributed by atoms with Gasteiger partial charge in [0.15, 0.2) is 5.78 Å². The summed E-state index contributed by atoms with van der Waals surface area (Å²) in [6, 6.07) is 25.2. The lowest BCUT2D eigenvalue weighted by molar-refractivity contribution is 0.104. The first-order chi connectivity index (χ1) is 12.3. The van der Waals surface area contributed by atoms with Gasteiger partial charge < -0.3 is 4.57 Å². The van der Waals surface area contributed by atoms with Crippen molar-refractivity contribution in [2.24, 2.45) is 0 Å². The highest BCUT2D eigenvalue weighted by Crippen LogP contribution is 2.17. The monoisotopic (exact) mass is 324 g/mol.